The van der Waals surface area contributed by atoms with E-state index in [-0.39, 0.29) is 24.3 Å². The average Bonchev–Trinajstić information content (AvgIpc) is 3.12. The van der Waals surface area contributed by atoms with Gasteiger partial charge in [0.2, 0.25) is 0 Å². The van der Waals surface area contributed by atoms with Crippen LogP contribution in [-0.2, 0) is 11.4 Å². The summed E-state index contributed by atoms with van der Waals surface area (Å²) in [6.45, 7) is 4.87. The van der Waals surface area contributed by atoms with Crippen LogP contribution in [0.2, 0.25) is 0 Å². The molecule has 6 nitrogen and oxygen atoms in total. The Labute approximate surface area is 228 Å². The summed E-state index contributed by atoms with van der Waals surface area (Å²) in [6, 6.07) is 19.5. The van der Waals surface area contributed by atoms with Crippen LogP contribution >= 0.6 is 34.4 Å². The number of nitrogens with zero attached hydrogens (tertiary/aromatic N) is 1. The third-order valence-corrected chi connectivity index (χ3v) is 7.24. The number of hydrogen-bond acceptors (Lipinski definition) is 6. The van der Waals surface area contributed by atoms with Crippen LogP contribution in [0.15, 0.2) is 65.6 Å². The lowest BCUT2D eigenvalue weighted by Crippen LogP contribution is -2.32. The molecule has 1 fully saturated rings. The van der Waals surface area contributed by atoms with Gasteiger partial charge in [0.1, 0.15) is 19.0 Å². The first-order valence-electron chi connectivity index (χ1n) is 11.3. The van der Waals surface area contributed by atoms with Crippen molar-refractivity contribution in [3.8, 4) is 17.2 Å². The molecule has 0 aliphatic carbocycles. The fourth-order valence-electron chi connectivity index (χ4n) is 3.54. The van der Waals surface area contributed by atoms with E-state index in [0.29, 0.717) is 28.8 Å². The molecule has 1 saturated heterocycles. The van der Waals surface area contributed by atoms with Gasteiger partial charge in [0.05, 0.1) is 22.1 Å². The second-order valence-corrected chi connectivity index (χ2v) is 10.5. The molecule has 36 heavy (non-hydrogen) atoms. The maximum atomic E-state index is 12.9. The van der Waals surface area contributed by atoms with Gasteiger partial charge in [0.25, 0.3) is 11.1 Å². The summed E-state index contributed by atoms with van der Waals surface area (Å²) in [6.07, 6.45) is 1.71. The average molecular weight is 615 g/mol. The van der Waals surface area contributed by atoms with Crippen LogP contribution in [0.25, 0.3) is 6.08 Å². The van der Waals surface area contributed by atoms with E-state index in [1.54, 1.807) is 19.3 Å². The lowest BCUT2D eigenvalue weighted by atomic mass is 10.1. The number of carbonyl (C=O) groups is 2. The summed E-state index contributed by atoms with van der Waals surface area (Å²) in [7, 11) is 1.58. The molecule has 2 amide bonds. The van der Waals surface area contributed by atoms with E-state index in [1.165, 1.54) is 10.5 Å². The highest BCUT2D eigenvalue weighted by molar-refractivity contribution is 14.1. The Bertz CT molecular complexity index is 1290. The van der Waals surface area contributed by atoms with Gasteiger partial charge in [-0.2, -0.15) is 0 Å². The van der Waals surface area contributed by atoms with E-state index in [4.69, 9.17) is 14.2 Å². The van der Waals surface area contributed by atoms with Crippen molar-refractivity contribution in [1.82, 2.24) is 4.90 Å². The number of halogens is 1. The van der Waals surface area contributed by atoms with Gasteiger partial charge in [0, 0.05) is 0 Å². The summed E-state index contributed by atoms with van der Waals surface area (Å²) < 4.78 is 18.1. The molecule has 1 heterocycles. The SMILES string of the molecule is COc1cc(/C=C2\SC(=O)N(CCOc3ccc(C)cc3)C2=O)cc(I)c1OCc1ccc(C)cc1. The number of aryl methyl sites for hydroxylation is 2. The zero-order valence-electron chi connectivity index (χ0n) is 20.2. The van der Waals surface area contributed by atoms with Crippen LogP contribution in [0.1, 0.15) is 22.3 Å². The summed E-state index contributed by atoms with van der Waals surface area (Å²) in [4.78, 5) is 27.0. The molecule has 186 valence electrons. The summed E-state index contributed by atoms with van der Waals surface area (Å²) in [5.74, 6) is 1.57. The summed E-state index contributed by atoms with van der Waals surface area (Å²) in [5.41, 5.74) is 4.14. The lowest BCUT2D eigenvalue weighted by Gasteiger charge is -2.14. The van der Waals surface area contributed by atoms with Gasteiger partial charge in [-0.3, -0.25) is 14.5 Å². The Morgan fingerprint density at radius 3 is 2.28 bits per heavy atom. The third-order valence-electron chi connectivity index (χ3n) is 5.53. The molecular formula is C28H26INO5S. The molecule has 0 radical (unpaired) electrons. The molecule has 0 N–H and O–H groups in total. The zero-order chi connectivity index (χ0) is 25.7. The Balaban J connectivity index is 1.43. The van der Waals surface area contributed by atoms with Gasteiger partial charge in [-0.05, 0) is 89.7 Å². The standard InChI is InChI=1S/C28H26INO5S/c1-18-4-8-20(9-5-18)17-35-26-23(29)14-21(15-24(26)33-3)16-25-27(31)30(28(32)36-25)12-13-34-22-10-6-19(2)7-11-22/h4-11,14-16H,12-13,17H2,1-3H3/b25-16-. The maximum absolute atomic E-state index is 12.9. The number of rotatable bonds is 9. The number of ether oxygens (including phenoxy) is 3. The molecule has 1 aliphatic rings. The molecule has 1 aliphatic heterocycles. The fraction of sp³-hybridized carbons (Fsp3) is 0.214. The van der Waals surface area contributed by atoms with Crippen molar-refractivity contribution < 1.29 is 23.8 Å². The van der Waals surface area contributed by atoms with Crippen molar-refractivity contribution in [1.29, 1.82) is 0 Å². The number of carbonyl (C=O) groups excluding carboxylic acids is 2. The first kappa shape index (κ1) is 26.1. The first-order valence-corrected chi connectivity index (χ1v) is 13.2. The van der Waals surface area contributed by atoms with Crippen molar-refractivity contribution in [3.63, 3.8) is 0 Å². The molecule has 3 aromatic rings. The number of hydrogen-bond donors (Lipinski definition) is 0. The minimum Gasteiger partial charge on any atom is -0.493 e. The predicted molar refractivity (Wildman–Crippen MR) is 151 cm³/mol. The zero-order valence-corrected chi connectivity index (χ0v) is 23.2. The molecule has 0 aromatic heterocycles. The van der Waals surface area contributed by atoms with Gasteiger partial charge in [-0.25, -0.2) is 0 Å². The normalized spacial score (nSPS) is 14.4. The lowest BCUT2D eigenvalue weighted by molar-refractivity contribution is -0.123. The summed E-state index contributed by atoms with van der Waals surface area (Å²) >= 11 is 3.11. The van der Waals surface area contributed by atoms with E-state index >= 15 is 0 Å². The molecule has 0 atom stereocenters. The Hall–Kier alpha value is -2.98. The van der Waals surface area contributed by atoms with Crippen LogP contribution < -0.4 is 14.2 Å². The molecule has 3 aromatic carbocycles. The molecule has 0 unspecified atom stereocenters. The Morgan fingerprint density at radius 1 is 0.944 bits per heavy atom. The van der Waals surface area contributed by atoms with Crippen LogP contribution in [0, 0.1) is 17.4 Å². The van der Waals surface area contributed by atoms with Crippen molar-refractivity contribution in [2.24, 2.45) is 0 Å². The largest absolute Gasteiger partial charge is 0.493 e. The summed E-state index contributed by atoms with van der Waals surface area (Å²) in [5, 5.41) is -0.307. The van der Waals surface area contributed by atoms with Gasteiger partial charge < -0.3 is 14.2 Å². The van der Waals surface area contributed by atoms with Crippen LogP contribution in [0.4, 0.5) is 4.79 Å². The van der Waals surface area contributed by atoms with Crippen molar-refractivity contribution in [2.75, 3.05) is 20.3 Å². The monoisotopic (exact) mass is 615 g/mol. The maximum Gasteiger partial charge on any atom is 0.293 e. The highest BCUT2D eigenvalue weighted by atomic mass is 127. The number of imide groups is 1. The number of benzene rings is 3. The van der Waals surface area contributed by atoms with E-state index < -0.39 is 0 Å². The highest BCUT2D eigenvalue weighted by Gasteiger charge is 2.35. The topological polar surface area (TPSA) is 65.1 Å². The molecule has 0 bridgehead atoms. The first-order chi connectivity index (χ1) is 17.3. The smallest absolute Gasteiger partial charge is 0.293 e. The van der Waals surface area contributed by atoms with Crippen LogP contribution in [-0.4, -0.2) is 36.3 Å². The van der Waals surface area contributed by atoms with Crippen LogP contribution in [0.3, 0.4) is 0 Å². The molecule has 4 rings (SSSR count). The fourth-order valence-corrected chi connectivity index (χ4v) is 5.18. The highest BCUT2D eigenvalue weighted by Crippen LogP contribution is 2.37. The van der Waals surface area contributed by atoms with Crippen LogP contribution in [0.5, 0.6) is 17.2 Å². The van der Waals surface area contributed by atoms with Gasteiger partial charge >= 0.3 is 0 Å². The predicted octanol–water partition coefficient (Wildman–Crippen LogP) is 6.61. The quantitative estimate of drug-likeness (QED) is 0.200. The van der Waals surface area contributed by atoms with Crippen molar-refractivity contribution >= 4 is 51.6 Å². The van der Waals surface area contributed by atoms with Gasteiger partial charge in [0.15, 0.2) is 11.5 Å². The molecule has 0 saturated carbocycles. The molecule has 8 heteroatoms. The van der Waals surface area contributed by atoms with Gasteiger partial charge in [-0.15, -0.1) is 0 Å². The van der Waals surface area contributed by atoms with E-state index in [2.05, 4.69) is 22.6 Å². The van der Waals surface area contributed by atoms with Crippen molar-refractivity contribution in [2.45, 2.75) is 20.5 Å². The Morgan fingerprint density at radius 2 is 1.61 bits per heavy atom. The second kappa shape index (κ2) is 11.8. The number of methoxy groups -OCH3 is 1. The molecular weight excluding hydrogens is 589 g/mol. The molecule has 0 spiro atoms. The number of thioether (sulfide) groups is 1. The third kappa shape index (κ3) is 6.41. The minimum absolute atomic E-state index is 0.183. The Kier molecular flexibility index (Phi) is 8.58. The van der Waals surface area contributed by atoms with Gasteiger partial charge in [-0.1, -0.05) is 47.5 Å². The van der Waals surface area contributed by atoms with Crippen molar-refractivity contribution in [3.05, 3.63) is 91.4 Å². The minimum atomic E-state index is -0.328. The van der Waals surface area contributed by atoms with E-state index in [9.17, 15) is 9.59 Å². The second-order valence-electron chi connectivity index (χ2n) is 8.30. The number of amides is 2. The van der Waals surface area contributed by atoms with E-state index in [0.717, 1.165) is 32.0 Å². The van der Waals surface area contributed by atoms with E-state index in [1.807, 2.05) is 68.4 Å².